The van der Waals surface area contributed by atoms with Crippen molar-refractivity contribution in [2.45, 2.75) is 72.3 Å². The van der Waals surface area contributed by atoms with Crippen LogP contribution in [0.15, 0.2) is 12.1 Å². The summed E-state index contributed by atoms with van der Waals surface area (Å²) < 4.78 is 0. The molecule has 3 atom stereocenters. The average molecular weight is 288 g/mol. The van der Waals surface area contributed by atoms with Gasteiger partial charge in [0.1, 0.15) is 0 Å². The Labute approximate surface area is 130 Å². The van der Waals surface area contributed by atoms with Crippen LogP contribution in [0, 0.1) is 25.7 Å². The van der Waals surface area contributed by atoms with Crippen LogP contribution in [0.2, 0.25) is 0 Å². The minimum atomic E-state index is 0.493. The van der Waals surface area contributed by atoms with E-state index in [9.17, 15) is 0 Å². The maximum atomic E-state index is 4.70. The molecule has 1 heterocycles. The highest BCUT2D eigenvalue weighted by atomic mass is 14.9. The maximum Gasteiger partial charge on any atom is 0.0423 e. The first kappa shape index (κ1) is 16.5. The standard InChI is InChI=1S/C19H32N2/c1-5-12-20-19(17-9-7-8-16(6-2)13-17)18-11-10-14(3)21-15(18)4/h10-11,16-17,19-20H,5-9,12-13H2,1-4H3. The summed E-state index contributed by atoms with van der Waals surface area (Å²) in [7, 11) is 0. The summed E-state index contributed by atoms with van der Waals surface area (Å²) in [6.07, 6.45) is 8.10. The third-order valence-electron chi connectivity index (χ3n) is 5.09. The molecule has 1 aliphatic rings. The summed E-state index contributed by atoms with van der Waals surface area (Å²) in [5.74, 6) is 1.70. The van der Waals surface area contributed by atoms with Gasteiger partial charge in [0.25, 0.3) is 0 Å². The quantitative estimate of drug-likeness (QED) is 0.800. The number of hydrogen-bond acceptors (Lipinski definition) is 2. The van der Waals surface area contributed by atoms with E-state index in [-0.39, 0.29) is 0 Å². The van der Waals surface area contributed by atoms with Crippen molar-refractivity contribution in [3.05, 3.63) is 29.1 Å². The molecule has 1 aromatic heterocycles. The zero-order chi connectivity index (χ0) is 15.2. The highest BCUT2D eigenvalue weighted by Gasteiger charge is 2.29. The monoisotopic (exact) mass is 288 g/mol. The predicted molar refractivity (Wildman–Crippen MR) is 90.5 cm³/mol. The Kier molecular flexibility index (Phi) is 6.22. The number of rotatable bonds is 6. The molecule has 1 saturated carbocycles. The lowest BCUT2D eigenvalue weighted by molar-refractivity contribution is 0.208. The van der Waals surface area contributed by atoms with Crippen molar-refractivity contribution in [1.82, 2.24) is 10.3 Å². The number of nitrogens with one attached hydrogen (secondary N) is 1. The van der Waals surface area contributed by atoms with E-state index in [1.807, 2.05) is 0 Å². The van der Waals surface area contributed by atoms with Crippen LogP contribution in [0.5, 0.6) is 0 Å². The molecule has 0 radical (unpaired) electrons. The van der Waals surface area contributed by atoms with Crippen molar-refractivity contribution in [3.63, 3.8) is 0 Å². The number of nitrogens with zero attached hydrogens (tertiary/aromatic N) is 1. The van der Waals surface area contributed by atoms with Crippen molar-refractivity contribution in [1.29, 1.82) is 0 Å². The van der Waals surface area contributed by atoms with Crippen LogP contribution < -0.4 is 5.32 Å². The molecular weight excluding hydrogens is 256 g/mol. The van der Waals surface area contributed by atoms with Crippen LogP contribution in [0.1, 0.15) is 75.4 Å². The molecule has 0 saturated heterocycles. The first-order valence-electron chi connectivity index (χ1n) is 8.83. The first-order valence-corrected chi connectivity index (χ1v) is 8.83. The highest BCUT2D eigenvalue weighted by Crippen LogP contribution is 2.39. The minimum absolute atomic E-state index is 0.493. The summed E-state index contributed by atoms with van der Waals surface area (Å²) in [6, 6.07) is 4.97. The molecule has 2 rings (SSSR count). The van der Waals surface area contributed by atoms with Gasteiger partial charge in [-0.1, -0.05) is 39.2 Å². The lowest BCUT2D eigenvalue weighted by atomic mass is 9.75. The van der Waals surface area contributed by atoms with Gasteiger partial charge in [-0.05, 0) is 63.1 Å². The van der Waals surface area contributed by atoms with Gasteiger partial charge in [0.2, 0.25) is 0 Å². The molecule has 3 unspecified atom stereocenters. The number of aryl methyl sites for hydroxylation is 2. The Morgan fingerprint density at radius 1 is 1.24 bits per heavy atom. The minimum Gasteiger partial charge on any atom is -0.310 e. The molecule has 0 aliphatic heterocycles. The molecular formula is C19H32N2. The number of aromatic nitrogens is 1. The Bertz CT molecular complexity index is 441. The van der Waals surface area contributed by atoms with Crippen molar-refractivity contribution < 1.29 is 0 Å². The van der Waals surface area contributed by atoms with Crippen LogP contribution >= 0.6 is 0 Å². The van der Waals surface area contributed by atoms with Gasteiger partial charge in [-0.25, -0.2) is 0 Å². The van der Waals surface area contributed by atoms with Crippen LogP contribution in [0.25, 0.3) is 0 Å². The van der Waals surface area contributed by atoms with E-state index in [1.54, 1.807) is 0 Å². The van der Waals surface area contributed by atoms with Crippen molar-refractivity contribution in [2.75, 3.05) is 6.54 Å². The second-order valence-electron chi connectivity index (χ2n) is 6.76. The second kappa shape index (κ2) is 7.93. The van der Waals surface area contributed by atoms with Crippen molar-refractivity contribution in [2.24, 2.45) is 11.8 Å². The number of pyridine rings is 1. The molecule has 2 heteroatoms. The van der Waals surface area contributed by atoms with Gasteiger partial charge in [-0.2, -0.15) is 0 Å². The van der Waals surface area contributed by atoms with Gasteiger partial charge in [0, 0.05) is 17.4 Å². The normalized spacial score (nSPS) is 24.0. The Morgan fingerprint density at radius 2 is 2.05 bits per heavy atom. The average Bonchev–Trinajstić information content (AvgIpc) is 2.49. The zero-order valence-corrected chi connectivity index (χ0v) is 14.3. The molecule has 21 heavy (non-hydrogen) atoms. The molecule has 1 aromatic rings. The van der Waals surface area contributed by atoms with Gasteiger partial charge >= 0.3 is 0 Å². The van der Waals surface area contributed by atoms with Gasteiger partial charge in [-0.15, -0.1) is 0 Å². The Morgan fingerprint density at radius 3 is 2.71 bits per heavy atom. The smallest absolute Gasteiger partial charge is 0.0423 e. The summed E-state index contributed by atoms with van der Waals surface area (Å²) in [5, 5.41) is 3.82. The molecule has 0 aromatic carbocycles. The van der Waals surface area contributed by atoms with Crippen molar-refractivity contribution >= 4 is 0 Å². The lowest BCUT2D eigenvalue weighted by Crippen LogP contribution is -2.33. The fraction of sp³-hybridized carbons (Fsp3) is 0.737. The van der Waals surface area contributed by atoms with Crippen LogP contribution in [0.3, 0.4) is 0 Å². The van der Waals surface area contributed by atoms with E-state index in [2.05, 4.69) is 45.1 Å². The van der Waals surface area contributed by atoms with Gasteiger partial charge < -0.3 is 5.32 Å². The lowest BCUT2D eigenvalue weighted by Gasteiger charge is -2.35. The zero-order valence-electron chi connectivity index (χ0n) is 14.3. The van der Waals surface area contributed by atoms with Crippen molar-refractivity contribution in [3.8, 4) is 0 Å². The second-order valence-corrected chi connectivity index (χ2v) is 6.76. The van der Waals surface area contributed by atoms with Crippen LogP contribution in [0.4, 0.5) is 0 Å². The van der Waals surface area contributed by atoms with E-state index >= 15 is 0 Å². The largest absolute Gasteiger partial charge is 0.310 e. The maximum absolute atomic E-state index is 4.70. The Hall–Kier alpha value is -0.890. The van der Waals surface area contributed by atoms with E-state index in [0.29, 0.717) is 6.04 Å². The fourth-order valence-electron chi connectivity index (χ4n) is 3.86. The molecule has 0 spiro atoms. The fourth-order valence-corrected chi connectivity index (χ4v) is 3.86. The third kappa shape index (κ3) is 4.29. The predicted octanol–water partition coefficient (Wildman–Crippen LogP) is 4.96. The third-order valence-corrected chi connectivity index (χ3v) is 5.09. The van der Waals surface area contributed by atoms with Gasteiger partial charge in [0.15, 0.2) is 0 Å². The summed E-state index contributed by atoms with van der Waals surface area (Å²) >= 11 is 0. The molecule has 2 nitrogen and oxygen atoms in total. The summed E-state index contributed by atoms with van der Waals surface area (Å²) in [5.41, 5.74) is 3.76. The van der Waals surface area contributed by atoms with E-state index in [4.69, 9.17) is 4.98 Å². The van der Waals surface area contributed by atoms with Gasteiger partial charge in [0.05, 0.1) is 0 Å². The molecule has 1 fully saturated rings. The number of hydrogen-bond donors (Lipinski definition) is 1. The summed E-state index contributed by atoms with van der Waals surface area (Å²) in [4.78, 5) is 4.70. The molecule has 1 N–H and O–H groups in total. The summed E-state index contributed by atoms with van der Waals surface area (Å²) in [6.45, 7) is 9.95. The molecule has 118 valence electrons. The van der Waals surface area contributed by atoms with Crippen LogP contribution in [-0.2, 0) is 0 Å². The van der Waals surface area contributed by atoms with E-state index in [0.717, 1.165) is 24.1 Å². The first-order chi connectivity index (χ1) is 10.2. The van der Waals surface area contributed by atoms with Gasteiger partial charge in [-0.3, -0.25) is 4.98 Å². The molecule has 0 bridgehead atoms. The molecule has 1 aliphatic carbocycles. The SMILES string of the molecule is CCCNC(c1ccc(C)nc1C)C1CCCC(CC)C1. The Balaban J connectivity index is 2.20. The highest BCUT2D eigenvalue weighted by molar-refractivity contribution is 5.26. The van der Waals surface area contributed by atoms with E-state index < -0.39 is 0 Å². The van der Waals surface area contributed by atoms with Crippen LogP contribution in [-0.4, -0.2) is 11.5 Å². The topological polar surface area (TPSA) is 24.9 Å². The molecule has 0 amide bonds. The van der Waals surface area contributed by atoms with E-state index in [1.165, 1.54) is 49.8 Å².